The summed E-state index contributed by atoms with van der Waals surface area (Å²) in [5, 5.41) is 3.07. The molecule has 1 N–H and O–H groups in total. The SMILES string of the molecule is COc1cc(C2=Cc3c(ncnc3N3CCN(C(=O)N[C@@H](C)c4ccc(F)cc4)C(C)(C)C3)C2)ccn1. The molecule has 37 heavy (non-hydrogen) atoms. The standard InChI is InChI=1S/C28H31FN6O2/c1-18(19-5-7-22(29)8-6-19)33-27(36)35-12-11-34(16-28(35,2)3)26-23-13-21(14-24(23)31-17-32-26)20-9-10-30-25(15-20)37-4/h5-10,13,15,17-18H,11-12,14,16H2,1-4H3,(H,33,36)/t18-/m0/s1. The number of aromatic nitrogens is 3. The summed E-state index contributed by atoms with van der Waals surface area (Å²) >= 11 is 0. The van der Waals surface area contributed by atoms with Crippen molar-refractivity contribution in [1.82, 2.24) is 25.2 Å². The van der Waals surface area contributed by atoms with Crippen molar-refractivity contribution in [3.05, 3.63) is 77.1 Å². The first-order chi connectivity index (χ1) is 17.7. The fraction of sp³-hybridized carbons (Fsp3) is 0.357. The third-order valence-electron chi connectivity index (χ3n) is 7.09. The molecule has 3 aromatic rings. The number of allylic oxidation sites excluding steroid dienone is 1. The minimum atomic E-state index is -0.438. The number of benzene rings is 1. The van der Waals surface area contributed by atoms with Gasteiger partial charge >= 0.3 is 6.03 Å². The number of nitrogens with one attached hydrogen (secondary N) is 1. The van der Waals surface area contributed by atoms with Crippen LogP contribution in [0, 0.1) is 5.82 Å². The highest BCUT2D eigenvalue weighted by molar-refractivity contribution is 5.91. The van der Waals surface area contributed by atoms with E-state index in [0.717, 1.165) is 33.8 Å². The van der Waals surface area contributed by atoms with E-state index in [0.29, 0.717) is 31.9 Å². The van der Waals surface area contributed by atoms with Gasteiger partial charge in [0.05, 0.1) is 24.4 Å². The Kier molecular flexibility index (Phi) is 6.54. The molecular formula is C28H31FN6O2. The highest BCUT2D eigenvalue weighted by Gasteiger charge is 2.38. The molecule has 0 saturated carbocycles. The number of nitrogens with zero attached hydrogens (tertiary/aromatic N) is 5. The smallest absolute Gasteiger partial charge is 0.318 e. The van der Waals surface area contributed by atoms with E-state index < -0.39 is 5.54 Å². The summed E-state index contributed by atoms with van der Waals surface area (Å²) in [6.07, 6.45) is 6.23. The van der Waals surface area contributed by atoms with Gasteiger partial charge in [-0.25, -0.2) is 24.1 Å². The number of fused-ring (bicyclic) bond motifs is 1. The number of rotatable bonds is 5. The molecular weight excluding hydrogens is 471 g/mol. The average molecular weight is 503 g/mol. The number of halogens is 1. The van der Waals surface area contributed by atoms with Crippen LogP contribution >= 0.6 is 0 Å². The predicted octanol–water partition coefficient (Wildman–Crippen LogP) is 4.49. The molecule has 0 bridgehead atoms. The normalized spacial score (nSPS) is 17.2. The van der Waals surface area contributed by atoms with Gasteiger partial charge in [-0.15, -0.1) is 0 Å². The van der Waals surface area contributed by atoms with Gasteiger partial charge in [0.1, 0.15) is 18.0 Å². The first-order valence-electron chi connectivity index (χ1n) is 12.4. The third-order valence-corrected chi connectivity index (χ3v) is 7.09. The second-order valence-corrected chi connectivity index (χ2v) is 10.1. The molecule has 9 heteroatoms. The Balaban J connectivity index is 1.32. The lowest BCUT2D eigenvalue weighted by Gasteiger charge is -2.47. The van der Waals surface area contributed by atoms with E-state index in [1.165, 1.54) is 12.1 Å². The fourth-order valence-electron chi connectivity index (χ4n) is 5.08. The lowest BCUT2D eigenvalue weighted by molar-refractivity contribution is 0.121. The van der Waals surface area contributed by atoms with Crippen LogP contribution in [0.3, 0.4) is 0 Å². The summed E-state index contributed by atoms with van der Waals surface area (Å²) in [6, 6.07) is 9.74. The first-order valence-corrected chi connectivity index (χ1v) is 12.4. The Labute approximate surface area is 216 Å². The molecule has 8 nitrogen and oxygen atoms in total. The number of carbonyl (C=O) groups is 1. The number of piperazine rings is 1. The van der Waals surface area contributed by atoms with Crippen molar-refractivity contribution in [2.75, 3.05) is 31.6 Å². The number of carbonyl (C=O) groups excluding carboxylic acids is 1. The van der Waals surface area contributed by atoms with Crippen molar-refractivity contribution in [3.63, 3.8) is 0 Å². The van der Waals surface area contributed by atoms with Gasteiger partial charge in [0.15, 0.2) is 0 Å². The summed E-state index contributed by atoms with van der Waals surface area (Å²) in [5.41, 5.74) is 4.62. The van der Waals surface area contributed by atoms with Gasteiger partial charge in [-0.05, 0) is 61.7 Å². The number of pyridine rings is 1. The van der Waals surface area contributed by atoms with Crippen LogP contribution in [-0.4, -0.2) is 58.2 Å². The Hall–Kier alpha value is -4.01. The predicted molar refractivity (Wildman–Crippen MR) is 141 cm³/mol. The molecule has 1 fully saturated rings. The van der Waals surface area contributed by atoms with Crippen LogP contribution < -0.4 is 15.0 Å². The fourth-order valence-corrected chi connectivity index (χ4v) is 5.08. The van der Waals surface area contributed by atoms with Crippen LogP contribution in [0.1, 0.15) is 49.2 Å². The maximum atomic E-state index is 13.3. The Morgan fingerprint density at radius 3 is 2.65 bits per heavy atom. The Morgan fingerprint density at radius 1 is 1.14 bits per heavy atom. The number of hydrogen-bond acceptors (Lipinski definition) is 6. The summed E-state index contributed by atoms with van der Waals surface area (Å²) in [6.45, 7) is 7.85. The van der Waals surface area contributed by atoms with Gasteiger partial charge in [0.2, 0.25) is 5.88 Å². The molecule has 0 radical (unpaired) electrons. The van der Waals surface area contributed by atoms with Crippen molar-refractivity contribution in [3.8, 4) is 5.88 Å². The highest BCUT2D eigenvalue weighted by atomic mass is 19.1. The van der Waals surface area contributed by atoms with E-state index in [4.69, 9.17) is 4.74 Å². The van der Waals surface area contributed by atoms with Crippen LogP contribution in [0.15, 0.2) is 48.9 Å². The van der Waals surface area contributed by atoms with Crippen LogP contribution in [0.5, 0.6) is 5.88 Å². The number of methoxy groups -OCH3 is 1. The largest absolute Gasteiger partial charge is 0.481 e. The molecule has 1 aliphatic heterocycles. The lowest BCUT2D eigenvalue weighted by atomic mass is 9.98. The van der Waals surface area contributed by atoms with Gasteiger partial charge in [-0.2, -0.15) is 0 Å². The van der Waals surface area contributed by atoms with E-state index in [1.54, 1.807) is 31.8 Å². The van der Waals surface area contributed by atoms with Gasteiger partial charge in [0.25, 0.3) is 0 Å². The van der Waals surface area contributed by atoms with Gasteiger partial charge < -0.3 is 19.9 Å². The molecule has 1 saturated heterocycles. The van der Waals surface area contributed by atoms with E-state index >= 15 is 0 Å². The summed E-state index contributed by atoms with van der Waals surface area (Å²) in [5.74, 6) is 1.16. The van der Waals surface area contributed by atoms with E-state index in [2.05, 4.69) is 45.1 Å². The molecule has 0 spiro atoms. The van der Waals surface area contributed by atoms with Gasteiger partial charge in [0, 0.05) is 43.9 Å². The zero-order chi connectivity index (χ0) is 26.2. The van der Waals surface area contributed by atoms with Crippen molar-refractivity contribution in [2.24, 2.45) is 0 Å². The number of anilines is 1. The molecule has 1 atom stereocenters. The minimum Gasteiger partial charge on any atom is -0.481 e. The Morgan fingerprint density at radius 2 is 1.92 bits per heavy atom. The van der Waals surface area contributed by atoms with Crippen molar-refractivity contribution < 1.29 is 13.9 Å². The van der Waals surface area contributed by atoms with E-state index in [9.17, 15) is 9.18 Å². The molecule has 1 aromatic carbocycles. The van der Waals surface area contributed by atoms with Crippen LogP contribution in [0.4, 0.5) is 15.0 Å². The molecule has 192 valence electrons. The monoisotopic (exact) mass is 502 g/mol. The minimum absolute atomic E-state index is 0.136. The second kappa shape index (κ2) is 9.80. The second-order valence-electron chi connectivity index (χ2n) is 10.1. The van der Waals surface area contributed by atoms with Crippen LogP contribution in [0.2, 0.25) is 0 Å². The van der Waals surface area contributed by atoms with E-state index in [1.807, 2.05) is 24.0 Å². The lowest BCUT2D eigenvalue weighted by Crippen LogP contribution is -2.63. The highest BCUT2D eigenvalue weighted by Crippen LogP contribution is 2.37. The zero-order valence-electron chi connectivity index (χ0n) is 21.5. The Bertz CT molecular complexity index is 1340. The van der Waals surface area contributed by atoms with Gasteiger partial charge in [-0.1, -0.05) is 12.1 Å². The number of hydrogen-bond donors (Lipinski definition) is 1. The van der Waals surface area contributed by atoms with Crippen LogP contribution in [0.25, 0.3) is 11.6 Å². The third kappa shape index (κ3) is 4.98. The molecule has 2 amide bonds. The maximum Gasteiger partial charge on any atom is 0.318 e. The maximum absolute atomic E-state index is 13.3. The van der Waals surface area contributed by atoms with Gasteiger partial charge in [-0.3, -0.25) is 0 Å². The number of amides is 2. The summed E-state index contributed by atoms with van der Waals surface area (Å²) in [4.78, 5) is 30.7. The van der Waals surface area contributed by atoms with Crippen molar-refractivity contribution >= 4 is 23.5 Å². The average Bonchev–Trinajstić information content (AvgIpc) is 3.33. The number of urea groups is 1. The number of ether oxygens (including phenoxy) is 1. The molecule has 2 aromatic heterocycles. The molecule has 0 unspecified atom stereocenters. The summed E-state index contributed by atoms with van der Waals surface area (Å²) in [7, 11) is 1.61. The van der Waals surface area contributed by atoms with Crippen molar-refractivity contribution in [2.45, 2.75) is 38.8 Å². The quantitative estimate of drug-likeness (QED) is 0.554. The topological polar surface area (TPSA) is 83.5 Å². The zero-order valence-corrected chi connectivity index (χ0v) is 21.5. The molecule has 5 rings (SSSR count). The summed E-state index contributed by atoms with van der Waals surface area (Å²) < 4.78 is 18.6. The van der Waals surface area contributed by atoms with Crippen molar-refractivity contribution in [1.29, 1.82) is 0 Å². The molecule has 1 aliphatic carbocycles. The van der Waals surface area contributed by atoms with E-state index in [-0.39, 0.29) is 17.9 Å². The molecule has 2 aliphatic rings. The van der Waals surface area contributed by atoms with Crippen LogP contribution in [-0.2, 0) is 6.42 Å². The first kappa shape index (κ1) is 24.7. The molecule has 3 heterocycles.